The summed E-state index contributed by atoms with van der Waals surface area (Å²) in [5.74, 6) is -0.382. The number of hydrogen-bond donors (Lipinski definition) is 0. The van der Waals surface area contributed by atoms with Crippen LogP contribution in [0.15, 0.2) is 0 Å². The highest BCUT2D eigenvalue weighted by Gasteiger charge is 2.32. The minimum absolute atomic E-state index is 0.382. The highest BCUT2D eigenvalue weighted by molar-refractivity contribution is 9.09. The van der Waals surface area contributed by atoms with E-state index in [0.29, 0.717) is 6.61 Å². The topological polar surface area (TPSA) is 71.1 Å². The Kier molecular flexibility index (Phi) is 8.45. The average Bonchev–Trinajstić information content (AvgIpc) is 2.34. The summed E-state index contributed by atoms with van der Waals surface area (Å²) in [6.07, 6.45) is 0.154. The summed E-state index contributed by atoms with van der Waals surface area (Å²) in [6.45, 7) is 4.00. The first kappa shape index (κ1) is 17.2. The highest BCUT2D eigenvalue weighted by Crippen LogP contribution is 2.49. The molecule has 8 heteroatoms. The Balaban J connectivity index is 4.35. The highest BCUT2D eigenvalue weighted by atomic mass is 79.9. The second-order valence-corrected chi connectivity index (χ2v) is 5.82. The Labute approximate surface area is 110 Å². The molecule has 0 aliphatic carbocycles. The van der Waals surface area contributed by atoms with Gasteiger partial charge < -0.3 is 4.74 Å². The van der Waals surface area contributed by atoms with E-state index in [1.165, 1.54) is 14.2 Å². The molecule has 0 aliphatic rings. The molecule has 0 aromatic rings. The van der Waals surface area contributed by atoms with Crippen LogP contribution in [0.2, 0.25) is 0 Å². The first-order valence-corrected chi connectivity index (χ1v) is 7.47. The lowest BCUT2D eigenvalue weighted by Gasteiger charge is -2.19. The fraction of sp³-hybridized carbons (Fsp3) is 0.889. The third kappa shape index (κ3) is 6.08. The number of hydrogen-bond acceptors (Lipinski definition) is 6. The predicted octanol–water partition coefficient (Wildman–Crippen LogP) is 2.51. The number of halogens is 1. The van der Waals surface area contributed by atoms with Gasteiger partial charge in [-0.15, -0.1) is 0 Å². The largest absolute Gasteiger partial charge is 0.475 e. The number of alkyl halides is 1. The molecular weight excluding hydrogens is 315 g/mol. The van der Waals surface area contributed by atoms with Crippen molar-refractivity contribution in [1.82, 2.24) is 0 Å². The molecule has 17 heavy (non-hydrogen) atoms. The SMILES string of the molecule is CCCO[C@H](C)C(=O)C(Br)OP(=O)(OC)OC. The van der Waals surface area contributed by atoms with Crippen LogP contribution >= 0.6 is 23.8 Å². The molecule has 0 amide bonds. The number of phosphoric acid groups is 1. The van der Waals surface area contributed by atoms with Gasteiger partial charge in [0.1, 0.15) is 6.10 Å². The van der Waals surface area contributed by atoms with Crippen LogP contribution in [-0.2, 0) is 27.7 Å². The Morgan fingerprint density at radius 3 is 2.29 bits per heavy atom. The lowest BCUT2D eigenvalue weighted by atomic mass is 10.3. The van der Waals surface area contributed by atoms with E-state index in [1.54, 1.807) is 6.92 Å². The van der Waals surface area contributed by atoms with Gasteiger partial charge in [0.2, 0.25) is 5.78 Å². The summed E-state index contributed by atoms with van der Waals surface area (Å²) < 4.78 is 30.8. The molecule has 0 rings (SSSR count). The molecule has 1 unspecified atom stereocenters. The molecule has 102 valence electrons. The van der Waals surface area contributed by atoms with Gasteiger partial charge >= 0.3 is 7.82 Å². The first-order chi connectivity index (χ1) is 7.90. The number of carbonyl (C=O) groups is 1. The molecule has 0 N–H and O–H groups in total. The molecule has 0 bridgehead atoms. The van der Waals surface area contributed by atoms with Crippen molar-refractivity contribution in [3.63, 3.8) is 0 Å². The minimum atomic E-state index is -3.68. The van der Waals surface area contributed by atoms with Gasteiger partial charge in [-0.3, -0.25) is 18.4 Å². The van der Waals surface area contributed by atoms with Crippen LogP contribution in [0.3, 0.4) is 0 Å². The molecule has 0 saturated carbocycles. The molecule has 0 fully saturated rings. The number of ketones is 1. The van der Waals surface area contributed by atoms with Gasteiger partial charge in [-0.2, -0.15) is 0 Å². The van der Waals surface area contributed by atoms with Crippen molar-refractivity contribution in [2.24, 2.45) is 0 Å². The summed E-state index contributed by atoms with van der Waals surface area (Å²) >= 11 is 2.97. The van der Waals surface area contributed by atoms with Gasteiger partial charge in [0.15, 0.2) is 5.01 Å². The smallest absolute Gasteiger partial charge is 0.371 e. The molecule has 6 nitrogen and oxygen atoms in total. The van der Waals surface area contributed by atoms with Crippen LogP contribution in [0.25, 0.3) is 0 Å². The first-order valence-electron chi connectivity index (χ1n) is 5.09. The Hall–Kier alpha value is 0.220. The zero-order chi connectivity index (χ0) is 13.5. The molecular formula is C9H18BrO6P. The van der Waals surface area contributed by atoms with Crippen molar-refractivity contribution in [3.8, 4) is 0 Å². The van der Waals surface area contributed by atoms with Gasteiger partial charge in [0.25, 0.3) is 0 Å². The molecule has 0 saturated heterocycles. The molecule has 0 aromatic carbocycles. The van der Waals surface area contributed by atoms with Crippen molar-refractivity contribution < 1.29 is 27.7 Å². The van der Waals surface area contributed by atoms with Crippen LogP contribution in [0.5, 0.6) is 0 Å². The van der Waals surface area contributed by atoms with E-state index < -0.39 is 18.9 Å². The van der Waals surface area contributed by atoms with E-state index in [9.17, 15) is 9.36 Å². The maximum Gasteiger partial charge on any atom is 0.475 e. The maximum absolute atomic E-state index is 11.7. The fourth-order valence-corrected chi connectivity index (χ4v) is 2.53. The summed E-state index contributed by atoms with van der Waals surface area (Å²) in [4.78, 5) is 11.7. The van der Waals surface area contributed by atoms with E-state index in [1.807, 2.05) is 6.92 Å². The monoisotopic (exact) mass is 332 g/mol. The lowest BCUT2D eigenvalue weighted by molar-refractivity contribution is -0.133. The van der Waals surface area contributed by atoms with E-state index in [4.69, 9.17) is 9.26 Å². The fourth-order valence-electron chi connectivity index (χ4n) is 0.887. The number of Topliss-reactive ketones (excluding diaryl/α,β-unsaturated/α-hetero) is 1. The van der Waals surface area contributed by atoms with Gasteiger partial charge in [-0.1, -0.05) is 6.92 Å². The normalized spacial score (nSPS) is 15.6. The Morgan fingerprint density at radius 2 is 1.88 bits per heavy atom. The third-order valence-corrected chi connectivity index (χ3v) is 4.16. The Bertz CT molecular complexity index is 277. The molecule has 0 spiro atoms. The summed E-state index contributed by atoms with van der Waals surface area (Å²) in [6, 6.07) is 0. The summed E-state index contributed by atoms with van der Waals surface area (Å²) in [5, 5.41) is -1.10. The molecule has 0 aliphatic heterocycles. The lowest BCUT2D eigenvalue weighted by Crippen LogP contribution is -2.30. The number of phosphoric ester groups is 1. The predicted molar refractivity (Wildman–Crippen MR) is 66.1 cm³/mol. The second kappa shape index (κ2) is 8.34. The molecule has 0 heterocycles. The van der Waals surface area contributed by atoms with E-state index in [2.05, 4.69) is 25.0 Å². The minimum Gasteiger partial charge on any atom is -0.371 e. The van der Waals surface area contributed by atoms with Crippen LogP contribution < -0.4 is 0 Å². The zero-order valence-electron chi connectivity index (χ0n) is 10.3. The molecule has 0 radical (unpaired) electrons. The maximum atomic E-state index is 11.7. The Morgan fingerprint density at radius 1 is 1.35 bits per heavy atom. The van der Waals surface area contributed by atoms with Crippen molar-refractivity contribution in [2.45, 2.75) is 31.4 Å². The number of ether oxygens (including phenoxy) is 1. The van der Waals surface area contributed by atoms with Gasteiger partial charge in [0, 0.05) is 20.8 Å². The second-order valence-electron chi connectivity index (χ2n) is 3.15. The van der Waals surface area contributed by atoms with Crippen molar-refractivity contribution in [1.29, 1.82) is 0 Å². The molecule has 2 atom stereocenters. The van der Waals surface area contributed by atoms with Crippen molar-refractivity contribution in [2.75, 3.05) is 20.8 Å². The van der Waals surface area contributed by atoms with Gasteiger partial charge in [0.05, 0.1) is 0 Å². The van der Waals surface area contributed by atoms with Crippen molar-refractivity contribution in [3.05, 3.63) is 0 Å². The third-order valence-electron chi connectivity index (χ3n) is 1.87. The average molecular weight is 333 g/mol. The van der Waals surface area contributed by atoms with Crippen LogP contribution in [0.4, 0.5) is 0 Å². The summed E-state index contributed by atoms with van der Waals surface area (Å²) in [7, 11) is -1.34. The van der Waals surface area contributed by atoms with Crippen molar-refractivity contribution >= 4 is 29.5 Å². The quantitative estimate of drug-likeness (QED) is 0.477. The van der Waals surface area contributed by atoms with Gasteiger partial charge in [-0.05, 0) is 29.3 Å². The standard InChI is InChI=1S/C9H18BrO6P/c1-5-6-15-7(2)8(11)9(10)16-17(12,13-3)14-4/h7,9H,5-6H2,1-4H3/t7-,9?/m1/s1. The van der Waals surface area contributed by atoms with E-state index in [-0.39, 0.29) is 5.78 Å². The summed E-state index contributed by atoms with van der Waals surface area (Å²) in [5.41, 5.74) is 0. The number of carbonyl (C=O) groups excluding carboxylic acids is 1. The van der Waals surface area contributed by atoms with Crippen LogP contribution in [0.1, 0.15) is 20.3 Å². The number of rotatable bonds is 9. The van der Waals surface area contributed by atoms with Gasteiger partial charge in [-0.25, -0.2) is 4.57 Å². The van der Waals surface area contributed by atoms with E-state index >= 15 is 0 Å². The van der Waals surface area contributed by atoms with Crippen LogP contribution in [0, 0.1) is 0 Å². The van der Waals surface area contributed by atoms with E-state index in [0.717, 1.165) is 6.42 Å². The van der Waals surface area contributed by atoms with Crippen LogP contribution in [-0.4, -0.2) is 37.7 Å². The molecule has 0 aromatic heterocycles. The zero-order valence-corrected chi connectivity index (χ0v) is 12.8.